The number of hydrogen-bond donors (Lipinski definition) is 1. The summed E-state index contributed by atoms with van der Waals surface area (Å²) in [6, 6.07) is 13.8. The van der Waals surface area contributed by atoms with Crippen molar-refractivity contribution in [2.75, 3.05) is 11.9 Å². The van der Waals surface area contributed by atoms with Gasteiger partial charge < -0.3 is 5.32 Å². The number of benzene rings is 2. The number of carbonyl (C=O) groups is 1. The SMILES string of the molecule is Cc1ccc(CC(=O)Nc2sc3c(c2C#N)CCN(Cc2c(F)cccc2F)C3)cc1. The molecule has 0 bridgehead atoms. The Morgan fingerprint density at radius 1 is 1.19 bits per heavy atom. The van der Waals surface area contributed by atoms with Crippen molar-refractivity contribution in [2.45, 2.75) is 32.9 Å². The van der Waals surface area contributed by atoms with Gasteiger partial charge in [-0.25, -0.2) is 8.78 Å². The molecular formula is C24H21F2N3OS. The highest BCUT2D eigenvalue weighted by molar-refractivity contribution is 7.16. The number of halogens is 2. The van der Waals surface area contributed by atoms with E-state index in [-0.39, 0.29) is 24.4 Å². The number of nitrogens with zero attached hydrogens (tertiary/aromatic N) is 2. The predicted octanol–water partition coefficient (Wildman–Crippen LogP) is 4.95. The Morgan fingerprint density at radius 2 is 1.90 bits per heavy atom. The van der Waals surface area contributed by atoms with Crippen molar-refractivity contribution in [3.05, 3.63) is 86.8 Å². The van der Waals surface area contributed by atoms with Crippen LogP contribution in [0.4, 0.5) is 13.8 Å². The number of carbonyl (C=O) groups excluding carboxylic acids is 1. The Labute approximate surface area is 183 Å². The molecular weight excluding hydrogens is 416 g/mol. The molecule has 158 valence electrons. The first kappa shape index (κ1) is 21.2. The highest BCUT2D eigenvalue weighted by atomic mass is 32.1. The summed E-state index contributed by atoms with van der Waals surface area (Å²) >= 11 is 1.37. The lowest BCUT2D eigenvalue weighted by Gasteiger charge is -2.27. The van der Waals surface area contributed by atoms with Gasteiger partial charge in [0.2, 0.25) is 5.91 Å². The number of thiophene rings is 1. The fourth-order valence-corrected chi connectivity index (χ4v) is 5.02. The van der Waals surface area contributed by atoms with Gasteiger partial charge in [0.25, 0.3) is 0 Å². The van der Waals surface area contributed by atoms with Crippen molar-refractivity contribution in [3.8, 4) is 6.07 Å². The highest BCUT2D eigenvalue weighted by Crippen LogP contribution is 2.37. The molecule has 1 aromatic heterocycles. The van der Waals surface area contributed by atoms with Gasteiger partial charge in [0.05, 0.1) is 12.0 Å². The highest BCUT2D eigenvalue weighted by Gasteiger charge is 2.26. The second kappa shape index (κ2) is 8.96. The van der Waals surface area contributed by atoms with Crippen molar-refractivity contribution in [1.29, 1.82) is 5.26 Å². The monoisotopic (exact) mass is 437 g/mol. The topological polar surface area (TPSA) is 56.1 Å². The molecule has 0 aliphatic carbocycles. The number of amides is 1. The van der Waals surface area contributed by atoms with E-state index in [4.69, 9.17) is 0 Å². The van der Waals surface area contributed by atoms with Gasteiger partial charge in [-0.2, -0.15) is 5.26 Å². The van der Waals surface area contributed by atoms with E-state index in [1.807, 2.05) is 36.1 Å². The lowest BCUT2D eigenvalue weighted by molar-refractivity contribution is -0.115. The minimum atomic E-state index is -0.557. The number of aryl methyl sites for hydroxylation is 1. The minimum absolute atomic E-state index is 0.0506. The van der Waals surface area contributed by atoms with Gasteiger partial charge >= 0.3 is 0 Å². The van der Waals surface area contributed by atoms with E-state index in [1.54, 1.807) is 0 Å². The first-order valence-electron chi connectivity index (χ1n) is 10.00. The Bertz CT molecular complexity index is 1140. The number of fused-ring (bicyclic) bond motifs is 1. The zero-order chi connectivity index (χ0) is 22.0. The zero-order valence-corrected chi connectivity index (χ0v) is 17.9. The average Bonchev–Trinajstić information content (AvgIpc) is 3.08. The molecule has 7 heteroatoms. The molecule has 1 N–H and O–H groups in total. The number of nitrogens with one attached hydrogen (secondary N) is 1. The Balaban J connectivity index is 1.48. The average molecular weight is 438 g/mol. The van der Waals surface area contributed by atoms with Crippen LogP contribution in [0.25, 0.3) is 0 Å². The second-order valence-corrected chi connectivity index (χ2v) is 8.80. The van der Waals surface area contributed by atoms with E-state index in [9.17, 15) is 18.8 Å². The summed E-state index contributed by atoms with van der Waals surface area (Å²) in [5.74, 6) is -1.29. The first-order chi connectivity index (χ1) is 14.9. The molecule has 3 aromatic rings. The van der Waals surface area contributed by atoms with E-state index < -0.39 is 11.6 Å². The van der Waals surface area contributed by atoms with Crippen LogP contribution in [-0.4, -0.2) is 17.4 Å². The molecule has 4 nitrogen and oxygen atoms in total. The number of hydrogen-bond acceptors (Lipinski definition) is 4. The predicted molar refractivity (Wildman–Crippen MR) is 117 cm³/mol. The maximum atomic E-state index is 14.0. The van der Waals surface area contributed by atoms with Crippen molar-refractivity contribution in [3.63, 3.8) is 0 Å². The van der Waals surface area contributed by atoms with Crippen LogP contribution < -0.4 is 5.32 Å². The number of anilines is 1. The van der Waals surface area contributed by atoms with Gasteiger partial charge in [0, 0.05) is 30.1 Å². The minimum Gasteiger partial charge on any atom is -0.316 e. The lowest BCUT2D eigenvalue weighted by Crippen LogP contribution is -2.30. The molecule has 0 saturated carbocycles. The summed E-state index contributed by atoms with van der Waals surface area (Å²) in [4.78, 5) is 15.4. The van der Waals surface area contributed by atoms with E-state index in [0.29, 0.717) is 30.1 Å². The van der Waals surface area contributed by atoms with E-state index >= 15 is 0 Å². The number of nitriles is 1. The Morgan fingerprint density at radius 3 is 2.58 bits per heavy atom. The summed E-state index contributed by atoms with van der Waals surface area (Å²) in [6.45, 7) is 3.22. The van der Waals surface area contributed by atoms with Crippen LogP contribution in [0, 0.1) is 29.9 Å². The van der Waals surface area contributed by atoms with Gasteiger partial charge in [-0.3, -0.25) is 9.69 Å². The summed E-state index contributed by atoms with van der Waals surface area (Å²) in [7, 11) is 0. The fourth-order valence-electron chi connectivity index (χ4n) is 3.77. The molecule has 1 aliphatic rings. The molecule has 31 heavy (non-hydrogen) atoms. The van der Waals surface area contributed by atoms with Crippen molar-refractivity contribution < 1.29 is 13.6 Å². The van der Waals surface area contributed by atoms with Crippen LogP contribution in [0.3, 0.4) is 0 Å². The van der Waals surface area contributed by atoms with Gasteiger partial charge in [0.15, 0.2) is 0 Å². The maximum absolute atomic E-state index is 14.0. The smallest absolute Gasteiger partial charge is 0.229 e. The molecule has 4 rings (SSSR count). The molecule has 0 radical (unpaired) electrons. The summed E-state index contributed by atoms with van der Waals surface area (Å²) in [5, 5.41) is 13.1. The molecule has 0 fully saturated rings. The Hall–Kier alpha value is -3.08. The molecule has 1 amide bonds. The quantitative estimate of drug-likeness (QED) is 0.615. The van der Waals surface area contributed by atoms with Gasteiger partial charge in [-0.1, -0.05) is 35.9 Å². The van der Waals surface area contributed by atoms with Gasteiger partial charge in [-0.05, 0) is 36.6 Å². The van der Waals surface area contributed by atoms with Crippen LogP contribution in [0.2, 0.25) is 0 Å². The zero-order valence-electron chi connectivity index (χ0n) is 17.0. The van der Waals surface area contributed by atoms with Crippen LogP contribution >= 0.6 is 11.3 Å². The second-order valence-electron chi connectivity index (χ2n) is 7.69. The molecule has 0 saturated heterocycles. The molecule has 0 spiro atoms. The summed E-state index contributed by atoms with van der Waals surface area (Å²) < 4.78 is 28.0. The molecule has 1 aliphatic heterocycles. The van der Waals surface area contributed by atoms with Crippen molar-refractivity contribution >= 4 is 22.2 Å². The third kappa shape index (κ3) is 4.66. The summed E-state index contributed by atoms with van der Waals surface area (Å²) in [5.41, 5.74) is 3.50. The molecule has 0 unspecified atom stereocenters. The normalized spacial score (nSPS) is 13.5. The van der Waals surface area contributed by atoms with Crippen LogP contribution in [0.1, 0.15) is 32.7 Å². The van der Waals surface area contributed by atoms with Crippen molar-refractivity contribution in [1.82, 2.24) is 4.90 Å². The van der Waals surface area contributed by atoms with E-state index in [2.05, 4.69) is 11.4 Å². The molecule has 2 heterocycles. The first-order valence-corrected chi connectivity index (χ1v) is 10.8. The van der Waals surface area contributed by atoms with Crippen LogP contribution in [0.15, 0.2) is 42.5 Å². The lowest BCUT2D eigenvalue weighted by atomic mass is 10.0. The summed E-state index contributed by atoms with van der Waals surface area (Å²) in [6.07, 6.45) is 0.824. The largest absolute Gasteiger partial charge is 0.316 e. The van der Waals surface area contributed by atoms with Gasteiger partial charge in [0.1, 0.15) is 22.7 Å². The fraction of sp³-hybridized carbons (Fsp3) is 0.250. The standard InChI is InChI=1S/C24H21F2N3OS/c1-15-5-7-16(8-6-15)11-23(30)28-24-18(12-27)17-9-10-29(14-22(17)31-24)13-19-20(25)3-2-4-21(19)26/h2-8H,9-11,13-14H2,1H3,(H,28,30). The molecule has 2 aromatic carbocycles. The van der Waals surface area contributed by atoms with Crippen molar-refractivity contribution in [2.24, 2.45) is 0 Å². The maximum Gasteiger partial charge on any atom is 0.229 e. The van der Waals surface area contributed by atoms with Gasteiger partial charge in [-0.15, -0.1) is 11.3 Å². The third-order valence-corrected chi connectivity index (χ3v) is 6.56. The van der Waals surface area contributed by atoms with E-state index in [1.165, 1.54) is 29.5 Å². The van der Waals surface area contributed by atoms with Crippen LogP contribution in [-0.2, 0) is 30.7 Å². The number of rotatable bonds is 5. The molecule has 0 atom stereocenters. The Kier molecular flexibility index (Phi) is 6.12. The van der Waals surface area contributed by atoms with E-state index in [0.717, 1.165) is 21.6 Å². The third-order valence-electron chi connectivity index (χ3n) is 5.43. The van der Waals surface area contributed by atoms with Crippen LogP contribution in [0.5, 0.6) is 0 Å².